The van der Waals surface area contributed by atoms with Crippen molar-refractivity contribution < 1.29 is 14.4 Å². The minimum atomic E-state index is -0.391. The van der Waals surface area contributed by atoms with Crippen LogP contribution in [0.3, 0.4) is 0 Å². The van der Waals surface area contributed by atoms with E-state index >= 15 is 0 Å². The van der Waals surface area contributed by atoms with Gasteiger partial charge in [-0.25, -0.2) is 0 Å². The van der Waals surface area contributed by atoms with Gasteiger partial charge in [-0.1, -0.05) is 6.92 Å². The third-order valence-corrected chi connectivity index (χ3v) is 2.93. The van der Waals surface area contributed by atoms with Crippen LogP contribution in [0.2, 0.25) is 0 Å². The molecule has 0 aromatic rings. The minimum Gasteiger partial charge on any atom is -0.370 e. The van der Waals surface area contributed by atoms with E-state index in [1.807, 2.05) is 6.92 Å². The Hall–Kier alpha value is -1.43. The largest absolute Gasteiger partial charge is 0.370 e. The van der Waals surface area contributed by atoms with Crippen molar-refractivity contribution in [2.24, 2.45) is 5.73 Å². The highest BCUT2D eigenvalue weighted by Gasteiger charge is 2.37. The van der Waals surface area contributed by atoms with E-state index in [4.69, 9.17) is 5.73 Å². The van der Waals surface area contributed by atoms with E-state index in [9.17, 15) is 14.4 Å². The predicted molar refractivity (Wildman–Crippen MR) is 66.5 cm³/mol. The van der Waals surface area contributed by atoms with Crippen LogP contribution in [0.1, 0.15) is 39.0 Å². The van der Waals surface area contributed by atoms with Gasteiger partial charge in [-0.05, 0) is 25.8 Å². The van der Waals surface area contributed by atoms with Crippen LogP contribution in [-0.2, 0) is 14.4 Å². The Morgan fingerprint density at radius 1 is 1.44 bits per heavy atom. The van der Waals surface area contributed by atoms with Crippen molar-refractivity contribution in [2.45, 2.75) is 45.1 Å². The third kappa shape index (κ3) is 4.10. The summed E-state index contributed by atoms with van der Waals surface area (Å²) in [5.41, 5.74) is 5.02. The van der Waals surface area contributed by atoms with Gasteiger partial charge in [-0.15, -0.1) is 0 Å². The Morgan fingerprint density at radius 3 is 2.78 bits per heavy atom. The lowest BCUT2D eigenvalue weighted by atomic mass is 10.2. The Morgan fingerprint density at radius 2 is 2.17 bits per heavy atom. The maximum atomic E-state index is 11.8. The highest BCUT2D eigenvalue weighted by Crippen LogP contribution is 2.13. The molecule has 3 amide bonds. The molecular formula is C12H21N3O3. The zero-order valence-corrected chi connectivity index (χ0v) is 10.8. The summed E-state index contributed by atoms with van der Waals surface area (Å²) in [6.07, 6.45) is 2.86. The number of carbonyl (C=O) groups excluding carboxylic acids is 3. The van der Waals surface area contributed by atoms with Gasteiger partial charge in [-0.3, -0.25) is 19.3 Å². The molecule has 1 saturated heterocycles. The Kier molecular flexibility index (Phi) is 5.77. The number of carbonyl (C=O) groups is 3. The molecule has 0 aliphatic carbocycles. The Labute approximate surface area is 107 Å². The van der Waals surface area contributed by atoms with Crippen LogP contribution in [0.4, 0.5) is 0 Å². The summed E-state index contributed by atoms with van der Waals surface area (Å²) in [5, 5.41) is 3.06. The number of amides is 3. The van der Waals surface area contributed by atoms with Gasteiger partial charge in [0.25, 0.3) is 0 Å². The first-order valence-electron chi connectivity index (χ1n) is 6.42. The van der Waals surface area contributed by atoms with Gasteiger partial charge in [0.1, 0.15) is 0 Å². The van der Waals surface area contributed by atoms with Gasteiger partial charge in [0.2, 0.25) is 17.7 Å². The standard InChI is InChI=1S/C12H21N3O3/c1-2-7-15-11(17)8-9(12(15)18)14-6-4-3-5-10(13)16/h9,14H,2-8H2,1H3,(H2,13,16). The smallest absolute Gasteiger partial charge is 0.246 e. The molecule has 102 valence electrons. The van der Waals surface area contributed by atoms with E-state index in [0.29, 0.717) is 25.9 Å². The molecule has 1 rings (SSSR count). The molecule has 1 aliphatic heterocycles. The summed E-state index contributed by atoms with van der Waals surface area (Å²) in [6.45, 7) is 3.06. The fourth-order valence-electron chi connectivity index (χ4n) is 2.00. The number of nitrogens with zero attached hydrogens (tertiary/aromatic N) is 1. The topological polar surface area (TPSA) is 92.5 Å². The molecule has 1 heterocycles. The number of hydrogen-bond acceptors (Lipinski definition) is 4. The molecule has 1 aliphatic rings. The second-order valence-electron chi connectivity index (χ2n) is 4.52. The Bertz CT molecular complexity index is 331. The van der Waals surface area contributed by atoms with Crippen LogP contribution in [0.5, 0.6) is 0 Å². The van der Waals surface area contributed by atoms with Gasteiger partial charge in [0.15, 0.2) is 0 Å². The molecule has 0 saturated carbocycles. The first kappa shape index (κ1) is 14.6. The lowest BCUT2D eigenvalue weighted by Gasteiger charge is -2.14. The summed E-state index contributed by atoms with van der Waals surface area (Å²) in [7, 11) is 0. The molecule has 1 fully saturated rings. The van der Waals surface area contributed by atoms with Crippen molar-refractivity contribution in [1.82, 2.24) is 10.2 Å². The zero-order chi connectivity index (χ0) is 13.5. The van der Waals surface area contributed by atoms with Crippen molar-refractivity contribution >= 4 is 17.7 Å². The van der Waals surface area contributed by atoms with E-state index in [2.05, 4.69) is 5.32 Å². The molecule has 0 bridgehead atoms. The molecule has 0 spiro atoms. The van der Waals surface area contributed by atoms with E-state index < -0.39 is 6.04 Å². The lowest BCUT2D eigenvalue weighted by Crippen LogP contribution is -2.39. The quantitative estimate of drug-likeness (QED) is 0.463. The van der Waals surface area contributed by atoms with E-state index in [0.717, 1.165) is 12.8 Å². The number of imide groups is 1. The number of likely N-dealkylation sites (tertiary alicyclic amines) is 1. The zero-order valence-electron chi connectivity index (χ0n) is 10.8. The van der Waals surface area contributed by atoms with Crippen molar-refractivity contribution in [3.05, 3.63) is 0 Å². The van der Waals surface area contributed by atoms with Crippen LogP contribution in [0, 0.1) is 0 Å². The summed E-state index contributed by atoms with van der Waals surface area (Å²) >= 11 is 0. The molecule has 6 heteroatoms. The number of rotatable bonds is 8. The summed E-state index contributed by atoms with van der Waals surface area (Å²) in [4.78, 5) is 35.3. The molecule has 6 nitrogen and oxygen atoms in total. The van der Waals surface area contributed by atoms with Crippen LogP contribution in [-0.4, -0.2) is 41.8 Å². The van der Waals surface area contributed by atoms with Crippen LogP contribution in [0.15, 0.2) is 0 Å². The highest BCUT2D eigenvalue weighted by molar-refractivity contribution is 6.05. The van der Waals surface area contributed by atoms with Crippen LogP contribution < -0.4 is 11.1 Å². The van der Waals surface area contributed by atoms with E-state index in [1.54, 1.807) is 0 Å². The number of primary amides is 1. The third-order valence-electron chi connectivity index (χ3n) is 2.93. The first-order chi connectivity index (χ1) is 8.56. The van der Waals surface area contributed by atoms with Crippen LogP contribution >= 0.6 is 0 Å². The number of hydrogen-bond donors (Lipinski definition) is 2. The average molecular weight is 255 g/mol. The molecule has 18 heavy (non-hydrogen) atoms. The van der Waals surface area contributed by atoms with Gasteiger partial charge in [-0.2, -0.15) is 0 Å². The predicted octanol–water partition coefficient (Wildman–Crippen LogP) is -0.231. The van der Waals surface area contributed by atoms with Crippen molar-refractivity contribution in [3.63, 3.8) is 0 Å². The second kappa shape index (κ2) is 7.10. The van der Waals surface area contributed by atoms with Crippen LogP contribution in [0.25, 0.3) is 0 Å². The SMILES string of the molecule is CCCN1C(=O)CC(NCCCCC(N)=O)C1=O. The monoisotopic (exact) mass is 255 g/mol. The highest BCUT2D eigenvalue weighted by atomic mass is 16.2. The van der Waals surface area contributed by atoms with E-state index in [-0.39, 0.29) is 24.1 Å². The number of unbranched alkanes of at least 4 members (excludes halogenated alkanes) is 1. The van der Waals surface area contributed by atoms with Gasteiger partial charge in [0.05, 0.1) is 12.5 Å². The van der Waals surface area contributed by atoms with Gasteiger partial charge < -0.3 is 11.1 Å². The molecule has 1 unspecified atom stereocenters. The summed E-state index contributed by atoms with van der Waals surface area (Å²) in [6, 6.07) is -0.391. The second-order valence-corrected chi connectivity index (χ2v) is 4.52. The summed E-state index contributed by atoms with van der Waals surface area (Å²) < 4.78 is 0. The normalized spacial score (nSPS) is 19.6. The molecule has 0 radical (unpaired) electrons. The maximum Gasteiger partial charge on any atom is 0.246 e. The van der Waals surface area contributed by atoms with Crippen molar-refractivity contribution in [3.8, 4) is 0 Å². The van der Waals surface area contributed by atoms with E-state index in [1.165, 1.54) is 4.90 Å². The molecule has 3 N–H and O–H groups in total. The number of nitrogens with one attached hydrogen (secondary N) is 1. The van der Waals surface area contributed by atoms with Crippen molar-refractivity contribution in [1.29, 1.82) is 0 Å². The molecule has 0 aromatic heterocycles. The molecule has 1 atom stereocenters. The fraction of sp³-hybridized carbons (Fsp3) is 0.750. The maximum absolute atomic E-state index is 11.8. The average Bonchev–Trinajstić information content (AvgIpc) is 2.56. The number of nitrogens with two attached hydrogens (primary N) is 1. The van der Waals surface area contributed by atoms with Gasteiger partial charge in [0, 0.05) is 13.0 Å². The molecular weight excluding hydrogens is 234 g/mol. The van der Waals surface area contributed by atoms with Gasteiger partial charge >= 0.3 is 0 Å². The Balaban J connectivity index is 2.25. The first-order valence-corrected chi connectivity index (χ1v) is 6.42. The lowest BCUT2D eigenvalue weighted by molar-refractivity contribution is -0.138. The summed E-state index contributed by atoms with van der Waals surface area (Å²) in [5.74, 6) is -0.538. The fourth-order valence-corrected chi connectivity index (χ4v) is 2.00. The van der Waals surface area contributed by atoms with Crippen molar-refractivity contribution in [2.75, 3.05) is 13.1 Å². The molecule has 0 aromatic carbocycles. The minimum absolute atomic E-state index is 0.100.